The Morgan fingerprint density at radius 2 is 1.39 bits per heavy atom. The third kappa shape index (κ3) is 2.53. The lowest BCUT2D eigenvalue weighted by Crippen LogP contribution is -2.15. The molecule has 1 aliphatic rings. The molecule has 0 bridgehead atoms. The highest BCUT2D eigenvalue weighted by atomic mass is 79.9. The van der Waals surface area contributed by atoms with Crippen molar-refractivity contribution >= 4 is 48.5 Å². The highest BCUT2D eigenvalue weighted by Crippen LogP contribution is 2.52. The Morgan fingerprint density at radius 1 is 0.636 bits per heavy atom. The Hall–Kier alpha value is -3.36. The number of fused-ring (bicyclic) bond motifs is 8. The molecule has 0 fully saturated rings. The van der Waals surface area contributed by atoms with Gasteiger partial charge in [-0.25, -0.2) is 0 Å². The first kappa shape index (κ1) is 19.1. The molecule has 0 N–H and O–H groups in total. The monoisotopic (exact) mass is 487 g/mol. The van der Waals surface area contributed by atoms with Crippen molar-refractivity contribution in [3.63, 3.8) is 0 Å². The van der Waals surface area contributed by atoms with Gasteiger partial charge in [0.15, 0.2) is 0 Å². The summed E-state index contributed by atoms with van der Waals surface area (Å²) in [4.78, 5) is 0. The van der Waals surface area contributed by atoms with Gasteiger partial charge in [-0.05, 0) is 75.5 Å². The normalized spacial score (nSPS) is 14.2. The van der Waals surface area contributed by atoms with E-state index >= 15 is 0 Å². The van der Waals surface area contributed by atoms with E-state index in [1.165, 1.54) is 60.5 Å². The van der Waals surface area contributed by atoms with E-state index in [0.717, 1.165) is 4.47 Å². The number of halogens is 1. The average Bonchev–Trinajstić information content (AvgIpc) is 3.27. The van der Waals surface area contributed by atoms with Gasteiger partial charge < -0.3 is 4.57 Å². The fraction of sp³-hybridized carbons (Fsp3) is 0.0968. The zero-order valence-electron chi connectivity index (χ0n) is 18.6. The van der Waals surface area contributed by atoms with Crippen LogP contribution in [0.15, 0.2) is 102 Å². The molecule has 6 aromatic rings. The fourth-order valence-corrected chi connectivity index (χ4v) is 6.32. The molecule has 2 heteroatoms. The van der Waals surface area contributed by atoms with Gasteiger partial charge in [0.1, 0.15) is 0 Å². The number of hydrogen-bond acceptors (Lipinski definition) is 0. The Bertz CT molecular complexity index is 1740. The number of para-hydroxylation sites is 1. The van der Waals surface area contributed by atoms with Gasteiger partial charge in [0.05, 0.1) is 11.0 Å². The van der Waals surface area contributed by atoms with E-state index in [0.29, 0.717) is 0 Å². The maximum Gasteiger partial charge on any atom is 0.0547 e. The van der Waals surface area contributed by atoms with E-state index in [2.05, 4.69) is 131 Å². The quantitative estimate of drug-likeness (QED) is 0.218. The second-order valence-corrected chi connectivity index (χ2v) is 10.5. The molecule has 1 aliphatic carbocycles. The number of benzene rings is 5. The van der Waals surface area contributed by atoms with Gasteiger partial charge in [-0.2, -0.15) is 0 Å². The van der Waals surface area contributed by atoms with Gasteiger partial charge in [-0.3, -0.25) is 0 Å². The number of rotatable bonds is 1. The lowest BCUT2D eigenvalue weighted by atomic mass is 9.80. The molecule has 5 aromatic carbocycles. The summed E-state index contributed by atoms with van der Waals surface area (Å²) in [5.74, 6) is 0. The van der Waals surface area contributed by atoms with Crippen LogP contribution < -0.4 is 0 Å². The molecule has 33 heavy (non-hydrogen) atoms. The largest absolute Gasteiger partial charge is 0.309 e. The van der Waals surface area contributed by atoms with Crippen LogP contribution in [0, 0.1) is 0 Å². The van der Waals surface area contributed by atoms with Gasteiger partial charge in [0.2, 0.25) is 0 Å². The average molecular weight is 488 g/mol. The van der Waals surface area contributed by atoms with Gasteiger partial charge in [0, 0.05) is 26.3 Å². The van der Waals surface area contributed by atoms with Crippen LogP contribution in [0.5, 0.6) is 0 Å². The molecule has 7 rings (SSSR count). The van der Waals surface area contributed by atoms with Crippen LogP contribution in [-0.2, 0) is 5.41 Å². The Kier molecular flexibility index (Phi) is 3.82. The van der Waals surface area contributed by atoms with Gasteiger partial charge in [-0.15, -0.1) is 0 Å². The third-order valence-corrected chi connectivity index (χ3v) is 7.89. The van der Waals surface area contributed by atoms with Crippen molar-refractivity contribution in [3.05, 3.63) is 113 Å². The molecule has 0 unspecified atom stereocenters. The van der Waals surface area contributed by atoms with E-state index in [9.17, 15) is 0 Å². The first-order valence-corrected chi connectivity index (χ1v) is 12.2. The van der Waals surface area contributed by atoms with Gasteiger partial charge >= 0.3 is 0 Å². The van der Waals surface area contributed by atoms with E-state index in [1.54, 1.807) is 0 Å². The molecule has 0 saturated carbocycles. The SMILES string of the molecule is CC1(C)c2ccccc2-c2ccc3cc4c5cc(Br)ccc5n(-c5ccccc5)c4cc3c21. The molecule has 0 spiro atoms. The Balaban J connectivity index is 1.66. The molecule has 1 aromatic heterocycles. The standard InChI is InChI=1S/C31H22BrN/c1-31(2)27-11-7-6-10-22(27)23-14-12-19-16-25-26-17-20(32)13-15-28(26)33(21-8-4-3-5-9-21)29(25)18-24(19)30(23)31/h3-18H,1-2H3. The van der Waals surface area contributed by atoms with E-state index in [-0.39, 0.29) is 5.41 Å². The smallest absolute Gasteiger partial charge is 0.0547 e. The number of hydrogen-bond donors (Lipinski definition) is 0. The van der Waals surface area contributed by atoms with Gasteiger partial charge in [0.25, 0.3) is 0 Å². The molecule has 0 radical (unpaired) electrons. The molecule has 0 saturated heterocycles. The van der Waals surface area contributed by atoms with Gasteiger partial charge in [-0.1, -0.05) is 84.4 Å². The molecule has 1 nitrogen and oxygen atoms in total. The van der Waals surface area contributed by atoms with Crippen molar-refractivity contribution < 1.29 is 0 Å². The van der Waals surface area contributed by atoms with Crippen LogP contribution >= 0.6 is 15.9 Å². The number of nitrogens with zero attached hydrogens (tertiary/aromatic N) is 1. The Labute approximate surface area is 201 Å². The molecule has 1 heterocycles. The summed E-state index contributed by atoms with van der Waals surface area (Å²) in [6.07, 6.45) is 0. The molecule has 0 atom stereocenters. The van der Waals surface area contributed by atoms with Crippen molar-refractivity contribution in [1.29, 1.82) is 0 Å². The predicted octanol–water partition coefficient (Wildman–Crippen LogP) is 9.01. The van der Waals surface area contributed by atoms with Crippen LogP contribution in [0.2, 0.25) is 0 Å². The van der Waals surface area contributed by atoms with Crippen LogP contribution in [0.3, 0.4) is 0 Å². The highest BCUT2D eigenvalue weighted by Gasteiger charge is 2.36. The summed E-state index contributed by atoms with van der Waals surface area (Å²) >= 11 is 3.70. The van der Waals surface area contributed by atoms with Crippen molar-refractivity contribution in [1.82, 2.24) is 4.57 Å². The minimum Gasteiger partial charge on any atom is -0.309 e. The van der Waals surface area contributed by atoms with E-state index in [4.69, 9.17) is 0 Å². The lowest BCUT2D eigenvalue weighted by Gasteiger charge is -2.23. The summed E-state index contributed by atoms with van der Waals surface area (Å²) in [6, 6.07) is 35.6. The Morgan fingerprint density at radius 3 is 2.24 bits per heavy atom. The molecular formula is C31H22BrN. The van der Waals surface area contributed by atoms with Crippen molar-refractivity contribution in [2.45, 2.75) is 19.3 Å². The second-order valence-electron chi connectivity index (χ2n) is 9.58. The van der Waals surface area contributed by atoms with Crippen molar-refractivity contribution in [2.75, 3.05) is 0 Å². The maximum atomic E-state index is 3.70. The van der Waals surface area contributed by atoms with Crippen LogP contribution in [0.4, 0.5) is 0 Å². The van der Waals surface area contributed by atoms with E-state index < -0.39 is 0 Å². The summed E-state index contributed by atoms with van der Waals surface area (Å²) < 4.78 is 3.51. The predicted molar refractivity (Wildman–Crippen MR) is 144 cm³/mol. The van der Waals surface area contributed by atoms with Crippen molar-refractivity contribution in [3.8, 4) is 16.8 Å². The summed E-state index contributed by atoms with van der Waals surface area (Å²) in [5, 5.41) is 5.21. The summed E-state index contributed by atoms with van der Waals surface area (Å²) in [7, 11) is 0. The first-order valence-electron chi connectivity index (χ1n) is 11.4. The maximum absolute atomic E-state index is 3.70. The minimum absolute atomic E-state index is 0.0360. The molecular weight excluding hydrogens is 466 g/mol. The summed E-state index contributed by atoms with van der Waals surface area (Å²) in [5.41, 5.74) is 9.23. The fourth-order valence-electron chi connectivity index (χ4n) is 5.96. The molecule has 158 valence electrons. The highest BCUT2D eigenvalue weighted by molar-refractivity contribution is 9.10. The topological polar surface area (TPSA) is 4.93 Å². The zero-order valence-corrected chi connectivity index (χ0v) is 20.1. The number of aromatic nitrogens is 1. The molecule has 0 aliphatic heterocycles. The first-order chi connectivity index (χ1) is 16.0. The van der Waals surface area contributed by atoms with Crippen LogP contribution in [-0.4, -0.2) is 4.57 Å². The van der Waals surface area contributed by atoms with Crippen LogP contribution in [0.25, 0.3) is 49.4 Å². The van der Waals surface area contributed by atoms with Crippen molar-refractivity contribution in [2.24, 2.45) is 0 Å². The molecule has 0 amide bonds. The van der Waals surface area contributed by atoms with Crippen LogP contribution in [0.1, 0.15) is 25.0 Å². The third-order valence-electron chi connectivity index (χ3n) is 7.40. The lowest BCUT2D eigenvalue weighted by molar-refractivity contribution is 0.666. The zero-order chi connectivity index (χ0) is 22.3. The second kappa shape index (κ2) is 6.59. The summed E-state index contributed by atoms with van der Waals surface area (Å²) in [6.45, 7) is 4.73. The van der Waals surface area contributed by atoms with E-state index in [1.807, 2.05) is 0 Å². The minimum atomic E-state index is -0.0360.